The maximum atomic E-state index is 12.5. The van der Waals surface area contributed by atoms with Gasteiger partial charge in [-0.1, -0.05) is 29.8 Å². The summed E-state index contributed by atoms with van der Waals surface area (Å²) in [5.41, 5.74) is 2.73. The van der Waals surface area contributed by atoms with Crippen molar-refractivity contribution >= 4 is 40.0 Å². The molecule has 164 valence electrons. The van der Waals surface area contributed by atoms with Gasteiger partial charge in [-0.3, -0.25) is 14.5 Å². The van der Waals surface area contributed by atoms with Crippen molar-refractivity contribution in [2.24, 2.45) is 0 Å². The van der Waals surface area contributed by atoms with Crippen LogP contribution in [0, 0.1) is 0 Å². The highest BCUT2D eigenvalue weighted by Gasteiger charge is 2.20. The van der Waals surface area contributed by atoms with E-state index in [1.165, 1.54) is 7.11 Å². The Morgan fingerprint density at radius 2 is 2.00 bits per heavy atom. The van der Waals surface area contributed by atoms with Gasteiger partial charge in [0.25, 0.3) is 0 Å². The lowest BCUT2D eigenvalue weighted by atomic mass is 10.1. The molecule has 1 aromatic heterocycles. The lowest BCUT2D eigenvalue weighted by molar-refractivity contribution is -0.126. The van der Waals surface area contributed by atoms with Crippen molar-refractivity contribution in [1.29, 1.82) is 0 Å². The number of carbonyl (C=O) groups is 2. The van der Waals surface area contributed by atoms with Crippen LogP contribution in [0.4, 0.5) is 5.69 Å². The van der Waals surface area contributed by atoms with Crippen LogP contribution in [0.5, 0.6) is 5.75 Å². The molecular weight excluding hydrogens is 416 g/mol. The van der Waals surface area contributed by atoms with Gasteiger partial charge < -0.3 is 20.4 Å². The van der Waals surface area contributed by atoms with E-state index < -0.39 is 6.04 Å². The summed E-state index contributed by atoms with van der Waals surface area (Å²) < 4.78 is 5.24. The molecule has 0 spiro atoms. The van der Waals surface area contributed by atoms with Crippen LogP contribution < -0.4 is 15.4 Å². The maximum Gasteiger partial charge on any atom is 0.238 e. The Morgan fingerprint density at radius 1 is 1.23 bits per heavy atom. The Balaban J connectivity index is 1.48. The van der Waals surface area contributed by atoms with Gasteiger partial charge >= 0.3 is 0 Å². The topological polar surface area (TPSA) is 86.5 Å². The van der Waals surface area contributed by atoms with Crippen molar-refractivity contribution in [3.8, 4) is 5.75 Å². The third-order valence-electron chi connectivity index (χ3n) is 5.24. The summed E-state index contributed by atoms with van der Waals surface area (Å²) in [6.45, 7) is 2.34. The van der Waals surface area contributed by atoms with Crippen molar-refractivity contribution in [2.45, 2.75) is 19.4 Å². The number of halogens is 1. The number of H-pyrrole nitrogens is 1. The molecular formula is C23H27ClN4O3. The minimum atomic E-state index is -0.463. The number of aromatic amines is 1. The van der Waals surface area contributed by atoms with Crippen molar-refractivity contribution in [1.82, 2.24) is 15.2 Å². The van der Waals surface area contributed by atoms with Gasteiger partial charge in [0.1, 0.15) is 5.75 Å². The number of methoxy groups -OCH3 is 1. The van der Waals surface area contributed by atoms with Crippen LogP contribution in [-0.4, -0.2) is 55.0 Å². The van der Waals surface area contributed by atoms with E-state index in [9.17, 15) is 9.59 Å². The summed E-state index contributed by atoms with van der Waals surface area (Å²) in [6.07, 6.45) is 2.70. The van der Waals surface area contributed by atoms with Crippen molar-refractivity contribution in [2.75, 3.05) is 32.6 Å². The van der Waals surface area contributed by atoms with E-state index in [1.54, 1.807) is 37.1 Å². The van der Waals surface area contributed by atoms with E-state index in [1.807, 2.05) is 24.4 Å². The summed E-state index contributed by atoms with van der Waals surface area (Å²) in [5.74, 6) is 0.125. The number of amides is 2. The van der Waals surface area contributed by atoms with Gasteiger partial charge in [0, 0.05) is 28.7 Å². The number of ether oxygens (including phenoxy) is 1. The molecule has 1 unspecified atom stereocenters. The molecule has 0 saturated carbocycles. The number of hydrogen-bond acceptors (Lipinski definition) is 4. The molecule has 31 heavy (non-hydrogen) atoms. The fraction of sp³-hybridized carbons (Fsp3) is 0.304. The molecule has 0 fully saturated rings. The SMILES string of the molecule is COc1ccc(Cl)cc1NC(=O)CN(C)C(C)C(=O)NCCc1c[nH]c2ccccc12. The van der Waals surface area contributed by atoms with Crippen molar-refractivity contribution < 1.29 is 14.3 Å². The molecule has 2 aromatic carbocycles. The minimum absolute atomic E-state index is 0.0483. The average molecular weight is 443 g/mol. The molecule has 3 N–H and O–H groups in total. The van der Waals surface area contributed by atoms with E-state index in [0.29, 0.717) is 23.0 Å². The first kappa shape index (κ1) is 22.7. The number of anilines is 1. The molecule has 1 atom stereocenters. The number of fused-ring (bicyclic) bond motifs is 1. The summed E-state index contributed by atoms with van der Waals surface area (Å²) >= 11 is 6.00. The Kier molecular flexibility index (Phi) is 7.55. The quantitative estimate of drug-likeness (QED) is 0.473. The molecule has 0 radical (unpaired) electrons. The molecule has 7 nitrogen and oxygen atoms in total. The number of aromatic nitrogens is 1. The zero-order valence-corrected chi connectivity index (χ0v) is 18.6. The highest BCUT2D eigenvalue weighted by molar-refractivity contribution is 6.31. The zero-order valence-electron chi connectivity index (χ0n) is 17.9. The first-order valence-electron chi connectivity index (χ1n) is 10.1. The predicted molar refractivity (Wildman–Crippen MR) is 124 cm³/mol. The van der Waals surface area contributed by atoms with Gasteiger partial charge in [-0.2, -0.15) is 0 Å². The third-order valence-corrected chi connectivity index (χ3v) is 5.47. The number of hydrogen-bond donors (Lipinski definition) is 3. The number of nitrogens with zero attached hydrogens (tertiary/aromatic N) is 1. The Labute approximate surface area is 186 Å². The van der Waals surface area contributed by atoms with Gasteiger partial charge in [-0.05, 0) is 50.2 Å². The van der Waals surface area contributed by atoms with Crippen LogP contribution in [0.15, 0.2) is 48.7 Å². The van der Waals surface area contributed by atoms with Crippen LogP contribution >= 0.6 is 11.6 Å². The molecule has 2 amide bonds. The predicted octanol–water partition coefficient (Wildman–Crippen LogP) is 3.45. The second-order valence-electron chi connectivity index (χ2n) is 7.38. The number of benzene rings is 2. The number of carbonyl (C=O) groups excluding carboxylic acids is 2. The third kappa shape index (κ3) is 5.77. The number of rotatable bonds is 9. The summed E-state index contributed by atoms with van der Waals surface area (Å²) in [6, 6.07) is 12.6. The van der Waals surface area contributed by atoms with Crippen LogP contribution in [0.25, 0.3) is 10.9 Å². The Bertz CT molecular complexity index is 1070. The van der Waals surface area contributed by atoms with E-state index in [-0.39, 0.29) is 18.4 Å². The van der Waals surface area contributed by atoms with E-state index in [4.69, 9.17) is 16.3 Å². The fourth-order valence-corrected chi connectivity index (χ4v) is 3.51. The molecule has 0 saturated heterocycles. The lowest BCUT2D eigenvalue weighted by Gasteiger charge is -2.23. The van der Waals surface area contributed by atoms with E-state index in [0.717, 1.165) is 22.9 Å². The van der Waals surface area contributed by atoms with Crippen LogP contribution in [0.2, 0.25) is 5.02 Å². The number of likely N-dealkylation sites (N-methyl/N-ethyl adjacent to an activating group) is 1. The van der Waals surface area contributed by atoms with Crippen molar-refractivity contribution in [3.63, 3.8) is 0 Å². The van der Waals surface area contributed by atoms with Gasteiger partial charge in [0.05, 0.1) is 25.4 Å². The molecule has 0 aliphatic rings. The van der Waals surface area contributed by atoms with Gasteiger partial charge in [0.15, 0.2) is 0 Å². The van der Waals surface area contributed by atoms with Gasteiger partial charge in [0.2, 0.25) is 11.8 Å². The second-order valence-corrected chi connectivity index (χ2v) is 7.82. The molecule has 0 aliphatic carbocycles. The maximum absolute atomic E-state index is 12.5. The largest absolute Gasteiger partial charge is 0.495 e. The van der Waals surface area contributed by atoms with E-state index in [2.05, 4.69) is 21.7 Å². The molecule has 1 heterocycles. The van der Waals surface area contributed by atoms with Crippen molar-refractivity contribution in [3.05, 3.63) is 59.2 Å². The molecule has 0 bridgehead atoms. The van der Waals surface area contributed by atoms with Gasteiger partial charge in [-0.25, -0.2) is 0 Å². The minimum Gasteiger partial charge on any atom is -0.495 e. The zero-order chi connectivity index (χ0) is 22.4. The average Bonchev–Trinajstić information content (AvgIpc) is 3.16. The molecule has 3 aromatic rings. The smallest absolute Gasteiger partial charge is 0.238 e. The first-order chi connectivity index (χ1) is 14.9. The highest BCUT2D eigenvalue weighted by Crippen LogP contribution is 2.27. The molecule has 3 rings (SSSR count). The standard InChI is InChI=1S/C23H27ClN4O3/c1-15(23(30)25-11-10-16-13-26-19-7-5-4-6-18(16)19)28(2)14-22(29)27-20-12-17(24)8-9-21(20)31-3/h4-9,12-13,15,26H,10-11,14H2,1-3H3,(H,25,30)(H,27,29). The summed E-state index contributed by atoms with van der Waals surface area (Å²) in [7, 11) is 3.26. The number of para-hydroxylation sites is 1. The fourth-order valence-electron chi connectivity index (χ4n) is 3.34. The summed E-state index contributed by atoms with van der Waals surface area (Å²) in [5, 5.41) is 7.39. The number of nitrogens with one attached hydrogen (secondary N) is 3. The first-order valence-corrected chi connectivity index (χ1v) is 10.4. The van der Waals surface area contributed by atoms with Gasteiger partial charge in [-0.15, -0.1) is 0 Å². The Morgan fingerprint density at radius 3 is 2.77 bits per heavy atom. The molecule has 0 aliphatic heterocycles. The normalized spacial score (nSPS) is 12.0. The summed E-state index contributed by atoms with van der Waals surface area (Å²) in [4.78, 5) is 29.9. The second kappa shape index (κ2) is 10.3. The van der Waals surface area contributed by atoms with Crippen LogP contribution in [0.3, 0.4) is 0 Å². The lowest BCUT2D eigenvalue weighted by Crippen LogP contribution is -2.46. The van der Waals surface area contributed by atoms with Crippen LogP contribution in [-0.2, 0) is 16.0 Å². The highest BCUT2D eigenvalue weighted by atomic mass is 35.5. The van der Waals surface area contributed by atoms with E-state index >= 15 is 0 Å². The van der Waals surface area contributed by atoms with Crippen LogP contribution in [0.1, 0.15) is 12.5 Å². The Hall–Kier alpha value is -3.03. The monoisotopic (exact) mass is 442 g/mol. The molecule has 8 heteroatoms.